The Morgan fingerprint density at radius 3 is 2.32 bits per heavy atom. The van der Waals surface area contributed by atoms with Crippen molar-refractivity contribution in [2.24, 2.45) is 0 Å². The van der Waals surface area contributed by atoms with Gasteiger partial charge < -0.3 is 5.32 Å². The molecule has 0 aliphatic rings. The number of halogens is 4. The number of carbonyl (C=O) groups is 1. The molecule has 0 saturated heterocycles. The molecular formula is C17H14BrF3N6O3S. The SMILES string of the molecule is Cc1c(Br)c(C(F)(F)F)nn1CC(=O)Nc1ccc(S(=O)(=O)Nc2ncccn2)cc1. The van der Waals surface area contributed by atoms with E-state index in [0.717, 1.165) is 4.68 Å². The normalized spacial score (nSPS) is 11.9. The molecule has 31 heavy (non-hydrogen) atoms. The molecule has 1 amide bonds. The fourth-order valence-electron chi connectivity index (χ4n) is 2.44. The Morgan fingerprint density at radius 1 is 1.16 bits per heavy atom. The standard InChI is InChI=1S/C17H14BrF3N6O3S/c1-10-14(18)15(17(19,20)21)25-27(10)9-13(28)24-11-3-5-12(6-4-11)31(29,30)26-16-22-7-2-8-23-16/h2-8H,9H2,1H3,(H,24,28)(H,22,23,26). The van der Waals surface area contributed by atoms with Crippen molar-refractivity contribution in [1.29, 1.82) is 0 Å². The Bertz CT molecular complexity index is 1200. The number of anilines is 2. The van der Waals surface area contributed by atoms with E-state index in [1.165, 1.54) is 49.6 Å². The van der Waals surface area contributed by atoms with Crippen LogP contribution in [0.2, 0.25) is 0 Å². The third kappa shape index (κ3) is 5.38. The van der Waals surface area contributed by atoms with Crippen molar-refractivity contribution in [2.75, 3.05) is 10.0 Å². The van der Waals surface area contributed by atoms with Crippen LogP contribution in [0.1, 0.15) is 11.4 Å². The molecule has 0 radical (unpaired) electrons. The van der Waals surface area contributed by atoms with Gasteiger partial charge in [0.1, 0.15) is 6.54 Å². The molecule has 9 nitrogen and oxygen atoms in total. The third-order valence-electron chi connectivity index (χ3n) is 3.94. The van der Waals surface area contributed by atoms with Crippen LogP contribution in [-0.2, 0) is 27.5 Å². The van der Waals surface area contributed by atoms with Gasteiger partial charge in [-0.2, -0.15) is 18.3 Å². The highest BCUT2D eigenvalue weighted by molar-refractivity contribution is 9.10. The zero-order chi connectivity index (χ0) is 22.8. The number of nitrogens with one attached hydrogen (secondary N) is 2. The summed E-state index contributed by atoms with van der Waals surface area (Å²) in [4.78, 5) is 19.7. The van der Waals surface area contributed by atoms with Crippen molar-refractivity contribution in [1.82, 2.24) is 19.7 Å². The second-order valence-corrected chi connectivity index (χ2v) is 8.63. The van der Waals surface area contributed by atoms with E-state index in [4.69, 9.17) is 0 Å². The molecule has 0 bridgehead atoms. The van der Waals surface area contributed by atoms with E-state index >= 15 is 0 Å². The van der Waals surface area contributed by atoms with Crippen molar-refractivity contribution >= 4 is 43.5 Å². The molecule has 0 unspecified atom stereocenters. The van der Waals surface area contributed by atoms with Gasteiger partial charge in [-0.15, -0.1) is 0 Å². The van der Waals surface area contributed by atoms with Crippen molar-refractivity contribution in [3.8, 4) is 0 Å². The van der Waals surface area contributed by atoms with Crippen LogP contribution in [0.3, 0.4) is 0 Å². The number of sulfonamides is 1. The average molecular weight is 519 g/mol. The highest BCUT2D eigenvalue weighted by Gasteiger charge is 2.38. The lowest BCUT2D eigenvalue weighted by molar-refractivity contribution is -0.142. The van der Waals surface area contributed by atoms with Gasteiger partial charge in [-0.05, 0) is 53.2 Å². The Morgan fingerprint density at radius 2 is 1.77 bits per heavy atom. The van der Waals surface area contributed by atoms with E-state index < -0.39 is 34.3 Å². The Balaban J connectivity index is 1.68. The lowest BCUT2D eigenvalue weighted by Crippen LogP contribution is -2.21. The van der Waals surface area contributed by atoms with Gasteiger partial charge in [0.25, 0.3) is 10.0 Å². The fourth-order valence-corrected chi connectivity index (χ4v) is 3.91. The van der Waals surface area contributed by atoms with Crippen LogP contribution in [0.5, 0.6) is 0 Å². The first-order valence-electron chi connectivity index (χ1n) is 8.47. The van der Waals surface area contributed by atoms with E-state index in [1.54, 1.807) is 0 Å². The first kappa shape index (κ1) is 22.7. The van der Waals surface area contributed by atoms with Gasteiger partial charge in [0, 0.05) is 18.1 Å². The molecule has 0 aliphatic carbocycles. The molecule has 0 aliphatic heterocycles. The van der Waals surface area contributed by atoms with Crippen molar-refractivity contribution in [3.05, 3.63) is 58.6 Å². The largest absolute Gasteiger partial charge is 0.436 e. The number of hydrogen-bond donors (Lipinski definition) is 2. The Hall–Kier alpha value is -3.00. The molecule has 3 aromatic rings. The minimum absolute atomic E-state index is 0.0976. The summed E-state index contributed by atoms with van der Waals surface area (Å²) < 4.78 is 66.4. The van der Waals surface area contributed by atoms with E-state index in [9.17, 15) is 26.4 Å². The molecule has 2 N–H and O–H groups in total. The summed E-state index contributed by atoms with van der Waals surface area (Å²) in [6, 6.07) is 6.70. The summed E-state index contributed by atoms with van der Waals surface area (Å²) in [5.74, 6) is -0.739. The number of rotatable bonds is 6. The van der Waals surface area contributed by atoms with Crippen LogP contribution in [-0.4, -0.2) is 34.1 Å². The van der Waals surface area contributed by atoms with Gasteiger partial charge in [-0.25, -0.2) is 23.1 Å². The molecule has 164 valence electrons. The smallest absolute Gasteiger partial charge is 0.324 e. The van der Waals surface area contributed by atoms with Gasteiger partial charge >= 0.3 is 6.18 Å². The van der Waals surface area contributed by atoms with E-state index in [1.807, 2.05) is 0 Å². The number of amides is 1. The van der Waals surface area contributed by atoms with E-state index in [-0.39, 0.29) is 26.7 Å². The number of carbonyl (C=O) groups excluding carboxylic acids is 1. The topological polar surface area (TPSA) is 119 Å². The number of nitrogens with zero attached hydrogens (tertiary/aromatic N) is 4. The van der Waals surface area contributed by atoms with Crippen LogP contribution >= 0.6 is 15.9 Å². The maximum Gasteiger partial charge on any atom is 0.436 e. The first-order chi connectivity index (χ1) is 14.5. The van der Waals surface area contributed by atoms with Gasteiger partial charge in [0.2, 0.25) is 11.9 Å². The molecule has 3 rings (SSSR count). The van der Waals surface area contributed by atoms with Crippen LogP contribution in [0.25, 0.3) is 0 Å². The zero-order valence-electron chi connectivity index (χ0n) is 15.7. The lowest BCUT2D eigenvalue weighted by atomic mass is 10.3. The molecule has 2 aromatic heterocycles. The number of aromatic nitrogens is 4. The Labute approximate surface area is 182 Å². The van der Waals surface area contributed by atoms with Crippen molar-refractivity contribution in [2.45, 2.75) is 24.5 Å². The predicted octanol–water partition coefficient (Wildman–Crippen LogP) is 3.20. The molecule has 0 spiro atoms. The first-order valence-corrected chi connectivity index (χ1v) is 10.7. The van der Waals surface area contributed by atoms with Gasteiger partial charge in [-0.3, -0.25) is 9.48 Å². The minimum atomic E-state index is -4.66. The van der Waals surface area contributed by atoms with Crippen molar-refractivity contribution < 1.29 is 26.4 Å². The summed E-state index contributed by atoms with van der Waals surface area (Å²) >= 11 is 2.84. The molecule has 14 heteroatoms. The second-order valence-electron chi connectivity index (χ2n) is 6.15. The lowest BCUT2D eigenvalue weighted by Gasteiger charge is -2.09. The minimum Gasteiger partial charge on any atom is -0.324 e. The maximum absolute atomic E-state index is 12.9. The molecule has 0 fully saturated rings. The second kappa shape index (κ2) is 8.63. The summed E-state index contributed by atoms with van der Waals surface area (Å²) in [6.07, 6.45) is -1.91. The predicted molar refractivity (Wildman–Crippen MR) is 108 cm³/mol. The fraction of sp³-hybridized carbons (Fsp3) is 0.176. The van der Waals surface area contributed by atoms with Crippen molar-refractivity contribution in [3.63, 3.8) is 0 Å². The highest BCUT2D eigenvalue weighted by atomic mass is 79.9. The number of hydrogen-bond acceptors (Lipinski definition) is 6. The quantitative estimate of drug-likeness (QED) is 0.517. The summed E-state index contributed by atoms with van der Waals surface area (Å²) in [5.41, 5.74) is -0.736. The van der Waals surface area contributed by atoms with Gasteiger partial charge in [-0.1, -0.05) is 0 Å². The summed E-state index contributed by atoms with van der Waals surface area (Å²) in [5, 5.41) is 5.91. The summed E-state index contributed by atoms with van der Waals surface area (Å²) in [6.45, 7) is 0.927. The highest BCUT2D eigenvalue weighted by Crippen LogP contribution is 2.35. The molecular weight excluding hydrogens is 505 g/mol. The molecule has 1 aromatic carbocycles. The molecule has 0 saturated carbocycles. The average Bonchev–Trinajstić information content (AvgIpc) is 2.97. The maximum atomic E-state index is 12.9. The number of benzene rings is 1. The Kier molecular flexibility index (Phi) is 6.31. The molecule has 2 heterocycles. The van der Waals surface area contributed by atoms with E-state index in [2.05, 4.69) is 41.0 Å². The third-order valence-corrected chi connectivity index (χ3v) is 6.23. The van der Waals surface area contributed by atoms with E-state index in [0.29, 0.717) is 0 Å². The number of alkyl halides is 3. The summed E-state index contributed by atoms with van der Waals surface area (Å²) in [7, 11) is -3.94. The zero-order valence-corrected chi connectivity index (χ0v) is 18.1. The van der Waals surface area contributed by atoms with Crippen LogP contribution in [0, 0.1) is 6.92 Å². The molecule has 0 atom stereocenters. The van der Waals surface area contributed by atoms with Crippen LogP contribution < -0.4 is 10.0 Å². The van der Waals surface area contributed by atoms with Crippen LogP contribution in [0.4, 0.5) is 24.8 Å². The van der Waals surface area contributed by atoms with Crippen LogP contribution in [0.15, 0.2) is 52.1 Å². The van der Waals surface area contributed by atoms with Gasteiger partial charge in [0.05, 0.1) is 15.1 Å². The van der Waals surface area contributed by atoms with Gasteiger partial charge in [0.15, 0.2) is 5.69 Å². The monoisotopic (exact) mass is 518 g/mol.